The number of hydrogen-bond donors (Lipinski definition) is 1. The number of nitrogens with one attached hydrogen (secondary N) is 1. The molecule has 192 valence electrons. The second-order valence-corrected chi connectivity index (χ2v) is 8.57. The average Bonchev–Trinajstić information content (AvgIpc) is 2.93. The standard InChI is InChI=1S/C29H32N4O4/c1-5-19-32(29(35)31-24-13-9-10-14-26(24)37-4)25(6-2)27-30-23-12-8-7-11-22(23)28(34)33(27)20-15-17-21(36-3)18-16-20/h7-18,25H,5-6,19H2,1-4H3,(H,31,35). The molecule has 3 aromatic carbocycles. The lowest BCUT2D eigenvalue weighted by Crippen LogP contribution is -2.41. The van der Waals surface area contributed by atoms with Crippen LogP contribution in [0.4, 0.5) is 10.5 Å². The van der Waals surface area contributed by atoms with Crippen LogP contribution in [0.25, 0.3) is 16.6 Å². The first-order valence-electron chi connectivity index (χ1n) is 12.4. The van der Waals surface area contributed by atoms with Gasteiger partial charge in [-0.2, -0.15) is 0 Å². The summed E-state index contributed by atoms with van der Waals surface area (Å²) in [6.07, 6.45) is 1.29. The van der Waals surface area contributed by atoms with Crippen LogP contribution in [-0.4, -0.2) is 41.2 Å². The van der Waals surface area contributed by atoms with Crippen LogP contribution in [0.3, 0.4) is 0 Å². The van der Waals surface area contributed by atoms with Crippen molar-refractivity contribution in [2.24, 2.45) is 0 Å². The molecule has 1 heterocycles. The summed E-state index contributed by atoms with van der Waals surface area (Å²) in [5.74, 6) is 1.75. The minimum absolute atomic E-state index is 0.189. The number of amides is 2. The van der Waals surface area contributed by atoms with Crippen LogP contribution in [0, 0.1) is 0 Å². The number of para-hydroxylation sites is 3. The molecule has 0 saturated carbocycles. The zero-order valence-corrected chi connectivity index (χ0v) is 21.6. The maximum absolute atomic E-state index is 13.8. The summed E-state index contributed by atoms with van der Waals surface area (Å²) >= 11 is 0. The van der Waals surface area contributed by atoms with E-state index in [4.69, 9.17) is 14.5 Å². The number of carbonyl (C=O) groups is 1. The van der Waals surface area contributed by atoms with Crippen molar-refractivity contribution in [1.82, 2.24) is 14.5 Å². The number of benzene rings is 3. The highest BCUT2D eigenvalue weighted by Crippen LogP contribution is 2.29. The van der Waals surface area contributed by atoms with Crippen molar-refractivity contribution in [3.8, 4) is 17.2 Å². The van der Waals surface area contributed by atoms with Gasteiger partial charge in [-0.15, -0.1) is 0 Å². The number of fused-ring (bicyclic) bond motifs is 1. The lowest BCUT2D eigenvalue weighted by molar-refractivity contribution is 0.181. The highest BCUT2D eigenvalue weighted by Gasteiger charge is 2.29. The van der Waals surface area contributed by atoms with Crippen molar-refractivity contribution in [3.05, 3.63) is 89.0 Å². The van der Waals surface area contributed by atoms with E-state index in [0.717, 1.165) is 6.42 Å². The van der Waals surface area contributed by atoms with Gasteiger partial charge in [-0.3, -0.25) is 9.36 Å². The minimum atomic E-state index is -0.464. The third-order valence-electron chi connectivity index (χ3n) is 6.27. The molecule has 0 aliphatic rings. The zero-order chi connectivity index (χ0) is 26.4. The fraction of sp³-hybridized carbons (Fsp3) is 0.276. The summed E-state index contributed by atoms with van der Waals surface area (Å²) in [6.45, 7) is 4.48. The number of hydrogen-bond acceptors (Lipinski definition) is 5. The van der Waals surface area contributed by atoms with Crippen molar-refractivity contribution < 1.29 is 14.3 Å². The van der Waals surface area contributed by atoms with Gasteiger partial charge in [-0.05, 0) is 61.4 Å². The Balaban J connectivity index is 1.86. The van der Waals surface area contributed by atoms with Crippen molar-refractivity contribution in [2.45, 2.75) is 32.7 Å². The highest BCUT2D eigenvalue weighted by atomic mass is 16.5. The van der Waals surface area contributed by atoms with Gasteiger partial charge in [0.05, 0.1) is 42.5 Å². The number of ether oxygens (including phenoxy) is 2. The van der Waals surface area contributed by atoms with E-state index in [2.05, 4.69) is 5.32 Å². The Labute approximate surface area is 216 Å². The largest absolute Gasteiger partial charge is 0.497 e. The molecular formula is C29H32N4O4. The Morgan fingerprint density at radius 1 is 0.973 bits per heavy atom. The van der Waals surface area contributed by atoms with Gasteiger partial charge < -0.3 is 19.7 Å². The Morgan fingerprint density at radius 2 is 1.68 bits per heavy atom. The second-order valence-electron chi connectivity index (χ2n) is 8.57. The van der Waals surface area contributed by atoms with Gasteiger partial charge in [0.2, 0.25) is 0 Å². The summed E-state index contributed by atoms with van der Waals surface area (Å²) in [4.78, 5) is 34.1. The van der Waals surface area contributed by atoms with E-state index in [-0.39, 0.29) is 11.6 Å². The first-order valence-corrected chi connectivity index (χ1v) is 12.4. The Morgan fingerprint density at radius 3 is 2.35 bits per heavy atom. The summed E-state index contributed by atoms with van der Waals surface area (Å²) in [5.41, 5.74) is 1.63. The Kier molecular flexibility index (Phi) is 8.08. The second kappa shape index (κ2) is 11.6. The van der Waals surface area contributed by atoms with Gasteiger partial charge in [0.25, 0.3) is 5.56 Å². The number of aromatic nitrogens is 2. The van der Waals surface area contributed by atoms with E-state index in [9.17, 15) is 9.59 Å². The maximum Gasteiger partial charge on any atom is 0.322 e. The van der Waals surface area contributed by atoms with Gasteiger partial charge in [0.1, 0.15) is 17.3 Å². The summed E-state index contributed by atoms with van der Waals surface area (Å²) in [5, 5.41) is 3.50. The van der Waals surface area contributed by atoms with E-state index >= 15 is 0 Å². The Bertz CT molecular complexity index is 1430. The van der Waals surface area contributed by atoms with Gasteiger partial charge >= 0.3 is 6.03 Å². The number of urea groups is 1. The molecule has 4 rings (SSSR count). The van der Waals surface area contributed by atoms with Crippen LogP contribution in [0.15, 0.2) is 77.6 Å². The van der Waals surface area contributed by atoms with Crippen LogP contribution < -0.4 is 20.3 Å². The molecule has 1 unspecified atom stereocenters. The van der Waals surface area contributed by atoms with Gasteiger partial charge in [0.15, 0.2) is 0 Å². The number of nitrogens with zero attached hydrogens (tertiary/aromatic N) is 3. The van der Waals surface area contributed by atoms with Crippen molar-refractivity contribution >= 4 is 22.6 Å². The topological polar surface area (TPSA) is 85.7 Å². The number of rotatable bonds is 9. The zero-order valence-electron chi connectivity index (χ0n) is 21.6. The fourth-order valence-corrected chi connectivity index (χ4v) is 4.47. The first kappa shape index (κ1) is 25.8. The van der Waals surface area contributed by atoms with Crippen LogP contribution in [-0.2, 0) is 0 Å². The van der Waals surface area contributed by atoms with Gasteiger partial charge in [-0.1, -0.05) is 38.1 Å². The van der Waals surface area contributed by atoms with E-state index in [1.165, 1.54) is 0 Å². The van der Waals surface area contributed by atoms with Crippen molar-refractivity contribution in [2.75, 3.05) is 26.1 Å². The van der Waals surface area contributed by atoms with Crippen molar-refractivity contribution in [1.29, 1.82) is 0 Å². The van der Waals surface area contributed by atoms with E-state index < -0.39 is 6.04 Å². The molecule has 0 saturated heterocycles. The average molecular weight is 501 g/mol. The highest BCUT2D eigenvalue weighted by molar-refractivity contribution is 5.91. The lowest BCUT2D eigenvalue weighted by atomic mass is 10.1. The van der Waals surface area contributed by atoms with Gasteiger partial charge in [0, 0.05) is 6.54 Å². The molecule has 0 bridgehead atoms. The maximum atomic E-state index is 13.8. The summed E-state index contributed by atoms with van der Waals surface area (Å²) in [7, 11) is 3.16. The quantitative estimate of drug-likeness (QED) is 0.314. The third-order valence-corrected chi connectivity index (χ3v) is 6.27. The molecule has 1 aromatic heterocycles. The van der Waals surface area contributed by atoms with Crippen LogP contribution in [0.2, 0.25) is 0 Å². The normalized spacial score (nSPS) is 11.7. The molecule has 1 atom stereocenters. The van der Waals surface area contributed by atoms with Crippen LogP contribution in [0.5, 0.6) is 11.5 Å². The molecular weight excluding hydrogens is 468 g/mol. The molecule has 0 aliphatic heterocycles. The molecule has 2 amide bonds. The molecule has 1 N–H and O–H groups in total. The van der Waals surface area contributed by atoms with E-state index in [1.54, 1.807) is 54.0 Å². The molecule has 37 heavy (non-hydrogen) atoms. The SMILES string of the molecule is CCCN(C(=O)Nc1ccccc1OC)C(CC)c1nc2ccccc2c(=O)n1-c1ccc(OC)cc1. The minimum Gasteiger partial charge on any atom is -0.497 e. The first-order chi connectivity index (χ1) is 18.0. The van der Waals surface area contributed by atoms with Crippen LogP contribution >= 0.6 is 0 Å². The van der Waals surface area contributed by atoms with E-state index in [0.29, 0.717) is 52.6 Å². The molecule has 0 spiro atoms. The molecule has 0 aliphatic carbocycles. The van der Waals surface area contributed by atoms with Gasteiger partial charge in [-0.25, -0.2) is 9.78 Å². The van der Waals surface area contributed by atoms with Crippen LogP contribution in [0.1, 0.15) is 38.6 Å². The molecule has 0 radical (unpaired) electrons. The predicted molar refractivity (Wildman–Crippen MR) is 146 cm³/mol. The molecule has 8 nitrogen and oxygen atoms in total. The van der Waals surface area contributed by atoms with E-state index in [1.807, 2.05) is 56.3 Å². The summed E-state index contributed by atoms with van der Waals surface area (Å²) < 4.78 is 12.3. The third kappa shape index (κ3) is 5.28. The fourth-order valence-electron chi connectivity index (χ4n) is 4.47. The number of anilines is 1. The number of carbonyl (C=O) groups excluding carboxylic acids is 1. The monoisotopic (exact) mass is 500 g/mol. The number of methoxy groups -OCH3 is 2. The lowest BCUT2D eigenvalue weighted by Gasteiger charge is -2.32. The Hall–Kier alpha value is -4.33. The van der Waals surface area contributed by atoms with Crippen molar-refractivity contribution in [3.63, 3.8) is 0 Å². The predicted octanol–water partition coefficient (Wildman–Crippen LogP) is 5.80. The smallest absolute Gasteiger partial charge is 0.322 e. The summed E-state index contributed by atoms with van der Waals surface area (Å²) in [6, 6.07) is 21.1. The molecule has 4 aromatic rings. The molecule has 0 fully saturated rings. The molecule has 8 heteroatoms.